The van der Waals surface area contributed by atoms with Gasteiger partial charge in [-0.1, -0.05) is 0 Å². The summed E-state index contributed by atoms with van der Waals surface area (Å²) in [5.74, 6) is -1.66. The van der Waals surface area contributed by atoms with E-state index in [9.17, 15) is 17.6 Å². The Morgan fingerprint density at radius 3 is 2.36 bits per heavy atom. The first-order valence-corrected chi connectivity index (χ1v) is 8.86. The number of hydrogen-bond acceptors (Lipinski definition) is 3. The third-order valence-electron chi connectivity index (χ3n) is 4.41. The minimum Gasteiger partial charge on any atom is -0.481 e. The summed E-state index contributed by atoms with van der Waals surface area (Å²) in [6.45, 7) is 0.390. The molecule has 2 aliphatic rings. The molecule has 22 heavy (non-hydrogen) atoms. The van der Waals surface area contributed by atoms with Crippen LogP contribution in [0.4, 0.5) is 4.39 Å². The summed E-state index contributed by atoms with van der Waals surface area (Å²) in [5.41, 5.74) is 0.556. The van der Waals surface area contributed by atoms with Gasteiger partial charge in [0, 0.05) is 13.1 Å². The predicted octanol–water partition coefficient (Wildman–Crippen LogP) is 2.19. The summed E-state index contributed by atoms with van der Waals surface area (Å²) in [6, 6.07) is 3.82. The van der Waals surface area contributed by atoms with Crippen molar-refractivity contribution >= 4 is 16.0 Å². The van der Waals surface area contributed by atoms with Gasteiger partial charge in [0.1, 0.15) is 5.82 Å². The number of benzene rings is 1. The Morgan fingerprint density at radius 1 is 1.18 bits per heavy atom. The molecule has 5 nitrogen and oxygen atoms in total. The van der Waals surface area contributed by atoms with Crippen LogP contribution in [0.2, 0.25) is 0 Å². The van der Waals surface area contributed by atoms with E-state index in [1.54, 1.807) is 0 Å². The molecule has 7 heteroatoms. The highest BCUT2D eigenvalue weighted by molar-refractivity contribution is 7.89. The third kappa shape index (κ3) is 2.87. The van der Waals surface area contributed by atoms with Gasteiger partial charge >= 0.3 is 5.97 Å². The molecule has 2 fully saturated rings. The number of aliphatic carboxylic acids is 1. The van der Waals surface area contributed by atoms with Crippen LogP contribution in [0.5, 0.6) is 0 Å². The van der Waals surface area contributed by atoms with E-state index in [0.29, 0.717) is 18.4 Å². The highest BCUT2D eigenvalue weighted by Gasteiger charge is 2.36. The van der Waals surface area contributed by atoms with Crippen LogP contribution in [-0.4, -0.2) is 36.9 Å². The largest absolute Gasteiger partial charge is 0.481 e. The molecule has 3 rings (SSSR count). The van der Waals surface area contributed by atoms with Crippen molar-refractivity contribution in [1.82, 2.24) is 4.31 Å². The van der Waals surface area contributed by atoms with Gasteiger partial charge in [-0.2, -0.15) is 4.31 Å². The summed E-state index contributed by atoms with van der Waals surface area (Å²) in [4.78, 5) is 11.1. The van der Waals surface area contributed by atoms with Gasteiger partial charge in [-0.25, -0.2) is 12.8 Å². The second kappa shape index (κ2) is 5.62. The zero-order valence-electron chi connectivity index (χ0n) is 12.0. The number of sulfonamides is 1. The number of nitrogens with zero attached hydrogens (tertiary/aromatic N) is 1. The lowest BCUT2D eigenvalue weighted by molar-refractivity contribution is -0.142. The number of carboxylic acid groups (broad SMARTS) is 1. The Bertz CT molecular complexity index is 691. The molecule has 0 aromatic heterocycles. The van der Waals surface area contributed by atoms with Gasteiger partial charge in [-0.05, 0) is 55.4 Å². The quantitative estimate of drug-likeness (QED) is 0.920. The van der Waals surface area contributed by atoms with Crippen LogP contribution in [0.15, 0.2) is 23.1 Å². The Labute approximate surface area is 128 Å². The number of carbonyl (C=O) groups is 1. The smallest absolute Gasteiger partial charge is 0.306 e. The van der Waals surface area contributed by atoms with Crippen LogP contribution in [0.25, 0.3) is 0 Å². The molecule has 1 aliphatic carbocycles. The molecule has 1 saturated carbocycles. The van der Waals surface area contributed by atoms with Crippen LogP contribution in [0.3, 0.4) is 0 Å². The molecule has 1 N–H and O–H groups in total. The Kier molecular flexibility index (Phi) is 3.94. The first-order valence-electron chi connectivity index (χ1n) is 7.42. The molecule has 1 heterocycles. The van der Waals surface area contributed by atoms with Crippen molar-refractivity contribution in [2.75, 3.05) is 13.1 Å². The minimum atomic E-state index is -3.69. The average Bonchev–Trinajstić information content (AvgIpc) is 3.31. The molecule has 120 valence electrons. The van der Waals surface area contributed by atoms with Crippen LogP contribution in [0.1, 0.15) is 37.2 Å². The summed E-state index contributed by atoms with van der Waals surface area (Å²) < 4.78 is 40.3. The molecule has 0 atom stereocenters. The Balaban J connectivity index is 1.86. The van der Waals surface area contributed by atoms with Crippen molar-refractivity contribution in [1.29, 1.82) is 0 Å². The van der Waals surface area contributed by atoms with E-state index in [0.717, 1.165) is 12.8 Å². The fourth-order valence-electron chi connectivity index (χ4n) is 2.95. The monoisotopic (exact) mass is 327 g/mol. The maximum Gasteiger partial charge on any atom is 0.306 e. The van der Waals surface area contributed by atoms with Gasteiger partial charge in [-0.3, -0.25) is 4.79 Å². The van der Waals surface area contributed by atoms with Gasteiger partial charge in [0.05, 0.1) is 10.8 Å². The van der Waals surface area contributed by atoms with Gasteiger partial charge in [0.25, 0.3) is 0 Å². The topological polar surface area (TPSA) is 74.7 Å². The van der Waals surface area contributed by atoms with E-state index in [2.05, 4.69) is 0 Å². The normalized spacial score (nSPS) is 21.0. The number of piperidine rings is 1. The van der Waals surface area contributed by atoms with Gasteiger partial charge in [-0.15, -0.1) is 0 Å². The molecule has 1 aromatic carbocycles. The van der Waals surface area contributed by atoms with Crippen molar-refractivity contribution in [2.45, 2.75) is 36.5 Å². The summed E-state index contributed by atoms with van der Waals surface area (Å²) in [7, 11) is -3.69. The van der Waals surface area contributed by atoms with E-state index in [1.807, 2.05) is 0 Å². The number of halogens is 1. The lowest BCUT2D eigenvalue weighted by Crippen LogP contribution is -2.40. The van der Waals surface area contributed by atoms with Crippen molar-refractivity contribution in [3.63, 3.8) is 0 Å². The molecule has 0 spiro atoms. The first-order chi connectivity index (χ1) is 10.4. The average molecular weight is 327 g/mol. The highest BCUT2D eigenvalue weighted by atomic mass is 32.2. The van der Waals surface area contributed by atoms with Gasteiger partial charge in [0.15, 0.2) is 0 Å². The molecular weight excluding hydrogens is 309 g/mol. The Morgan fingerprint density at radius 2 is 1.82 bits per heavy atom. The van der Waals surface area contributed by atoms with Crippen molar-refractivity contribution in [3.05, 3.63) is 29.6 Å². The van der Waals surface area contributed by atoms with E-state index in [1.165, 1.54) is 22.5 Å². The van der Waals surface area contributed by atoms with Crippen molar-refractivity contribution in [2.24, 2.45) is 5.92 Å². The fraction of sp³-hybridized carbons (Fsp3) is 0.533. The Hall–Kier alpha value is -1.47. The fourth-order valence-corrected chi connectivity index (χ4v) is 4.68. The molecular formula is C15H18FNO4S. The summed E-state index contributed by atoms with van der Waals surface area (Å²) in [5, 5.41) is 8.99. The lowest BCUT2D eigenvalue weighted by atomic mass is 9.99. The van der Waals surface area contributed by atoms with Crippen molar-refractivity contribution in [3.8, 4) is 0 Å². The van der Waals surface area contributed by atoms with Gasteiger partial charge < -0.3 is 5.11 Å². The molecule has 1 saturated heterocycles. The second-order valence-corrected chi connectivity index (χ2v) is 7.88. The summed E-state index contributed by atoms with van der Waals surface area (Å²) >= 11 is 0. The molecule has 0 amide bonds. The number of carboxylic acids is 1. The molecule has 0 radical (unpaired) electrons. The summed E-state index contributed by atoms with van der Waals surface area (Å²) in [6.07, 6.45) is 2.39. The lowest BCUT2D eigenvalue weighted by Gasteiger charge is -2.30. The first kappa shape index (κ1) is 15.4. The number of hydrogen-bond donors (Lipinski definition) is 1. The molecule has 0 unspecified atom stereocenters. The van der Waals surface area contributed by atoms with Crippen LogP contribution < -0.4 is 0 Å². The zero-order chi connectivity index (χ0) is 15.9. The zero-order valence-corrected chi connectivity index (χ0v) is 12.9. The van der Waals surface area contributed by atoms with Gasteiger partial charge in [0.2, 0.25) is 10.0 Å². The van der Waals surface area contributed by atoms with E-state index in [-0.39, 0.29) is 23.9 Å². The third-order valence-corrected chi connectivity index (χ3v) is 6.38. The number of rotatable bonds is 4. The maximum absolute atomic E-state index is 13.4. The SMILES string of the molecule is O=C(O)C1CCN(S(=O)(=O)c2ccc(F)cc2C2CC2)CC1. The highest BCUT2D eigenvalue weighted by Crippen LogP contribution is 2.43. The van der Waals surface area contributed by atoms with E-state index in [4.69, 9.17) is 5.11 Å². The predicted molar refractivity (Wildman–Crippen MR) is 77.5 cm³/mol. The molecule has 1 aliphatic heterocycles. The molecule has 1 aromatic rings. The van der Waals surface area contributed by atoms with Crippen molar-refractivity contribution < 1.29 is 22.7 Å². The van der Waals surface area contributed by atoms with E-state index >= 15 is 0 Å². The van der Waals surface area contributed by atoms with Crippen LogP contribution in [-0.2, 0) is 14.8 Å². The standard InChI is InChI=1S/C15H18FNO4S/c16-12-3-4-14(13(9-12)10-1-2-10)22(20,21)17-7-5-11(6-8-17)15(18)19/h3-4,9-11H,1-2,5-8H2,(H,18,19). The molecule has 0 bridgehead atoms. The van der Waals surface area contributed by atoms with Crippen LogP contribution >= 0.6 is 0 Å². The van der Waals surface area contributed by atoms with E-state index < -0.39 is 27.7 Å². The minimum absolute atomic E-state index is 0.122. The second-order valence-electron chi connectivity index (χ2n) is 5.97. The van der Waals surface area contributed by atoms with Crippen LogP contribution in [0, 0.1) is 11.7 Å². The maximum atomic E-state index is 13.4.